The maximum Gasteiger partial charge on any atom is 0.149 e. The van der Waals surface area contributed by atoms with Crippen LogP contribution < -0.4 is 0 Å². The largest absolute Gasteiger partial charge is 0.301 e. The molecule has 0 aromatic heterocycles. The standard InChI is InChI=1S/C14H26N2O/c1-2-7-15-8-10-16(11-9-15)12-14(17)13-5-3-4-6-13/h13H,2-12H2,1H3. The molecule has 2 fully saturated rings. The SMILES string of the molecule is CCCN1CCN(CC(=O)C2CCCC2)CC1. The summed E-state index contributed by atoms with van der Waals surface area (Å²) in [5, 5.41) is 0. The molecule has 1 saturated carbocycles. The van der Waals surface area contributed by atoms with Gasteiger partial charge in [0.1, 0.15) is 5.78 Å². The predicted octanol–water partition coefficient (Wildman–Crippen LogP) is 1.77. The molecule has 0 aromatic carbocycles. The van der Waals surface area contributed by atoms with Crippen LogP contribution in [-0.4, -0.2) is 54.9 Å². The van der Waals surface area contributed by atoms with E-state index in [1.807, 2.05) is 0 Å². The van der Waals surface area contributed by atoms with E-state index in [1.54, 1.807) is 0 Å². The molecule has 0 N–H and O–H groups in total. The number of hydrogen-bond donors (Lipinski definition) is 0. The summed E-state index contributed by atoms with van der Waals surface area (Å²) in [6.07, 6.45) is 6.06. The number of carbonyl (C=O) groups is 1. The molecule has 1 saturated heterocycles. The van der Waals surface area contributed by atoms with Crippen LogP contribution in [0.1, 0.15) is 39.0 Å². The summed E-state index contributed by atoms with van der Waals surface area (Å²) in [4.78, 5) is 16.9. The van der Waals surface area contributed by atoms with Crippen molar-refractivity contribution in [2.24, 2.45) is 5.92 Å². The van der Waals surface area contributed by atoms with Gasteiger partial charge in [-0.2, -0.15) is 0 Å². The molecule has 0 radical (unpaired) electrons. The number of nitrogens with zero attached hydrogens (tertiary/aromatic N) is 2. The third-order valence-corrected chi connectivity index (χ3v) is 4.19. The highest BCUT2D eigenvalue weighted by molar-refractivity contribution is 5.83. The summed E-state index contributed by atoms with van der Waals surface area (Å²) < 4.78 is 0. The van der Waals surface area contributed by atoms with Crippen LogP contribution in [0.5, 0.6) is 0 Å². The monoisotopic (exact) mass is 238 g/mol. The van der Waals surface area contributed by atoms with Crippen molar-refractivity contribution < 1.29 is 4.79 Å². The van der Waals surface area contributed by atoms with Gasteiger partial charge < -0.3 is 4.90 Å². The number of ketones is 1. The second kappa shape index (κ2) is 6.50. The summed E-state index contributed by atoms with van der Waals surface area (Å²) in [5.41, 5.74) is 0. The zero-order valence-corrected chi connectivity index (χ0v) is 11.2. The molecule has 1 aliphatic carbocycles. The van der Waals surface area contributed by atoms with Gasteiger partial charge in [-0.1, -0.05) is 19.8 Å². The van der Waals surface area contributed by atoms with Crippen LogP contribution in [0, 0.1) is 5.92 Å². The van der Waals surface area contributed by atoms with Gasteiger partial charge in [0, 0.05) is 32.1 Å². The van der Waals surface area contributed by atoms with Gasteiger partial charge in [0.15, 0.2) is 0 Å². The van der Waals surface area contributed by atoms with Crippen LogP contribution in [0.15, 0.2) is 0 Å². The first kappa shape index (κ1) is 13.0. The third-order valence-electron chi connectivity index (χ3n) is 4.19. The van der Waals surface area contributed by atoms with Crippen molar-refractivity contribution in [3.05, 3.63) is 0 Å². The Kier molecular flexibility index (Phi) is 4.99. The van der Waals surface area contributed by atoms with Gasteiger partial charge in [0.05, 0.1) is 6.54 Å². The first-order chi connectivity index (χ1) is 8.29. The normalized spacial score (nSPS) is 24.3. The zero-order chi connectivity index (χ0) is 12.1. The lowest BCUT2D eigenvalue weighted by Gasteiger charge is -2.34. The van der Waals surface area contributed by atoms with E-state index < -0.39 is 0 Å². The summed E-state index contributed by atoms with van der Waals surface area (Å²) >= 11 is 0. The summed E-state index contributed by atoms with van der Waals surface area (Å²) in [6, 6.07) is 0. The Labute approximate surface area is 105 Å². The Bertz CT molecular complexity index is 241. The van der Waals surface area contributed by atoms with E-state index in [-0.39, 0.29) is 0 Å². The molecule has 3 nitrogen and oxygen atoms in total. The highest BCUT2D eigenvalue weighted by Crippen LogP contribution is 2.25. The minimum Gasteiger partial charge on any atom is -0.301 e. The molecule has 98 valence electrons. The van der Waals surface area contributed by atoms with Crippen molar-refractivity contribution in [1.82, 2.24) is 9.80 Å². The Morgan fingerprint density at radius 2 is 1.65 bits per heavy atom. The molecular weight excluding hydrogens is 212 g/mol. The molecule has 0 unspecified atom stereocenters. The molecule has 3 heteroatoms. The number of Topliss-reactive ketones (excluding diaryl/α,β-unsaturated/α-hetero) is 1. The van der Waals surface area contributed by atoms with Crippen molar-refractivity contribution in [3.63, 3.8) is 0 Å². The van der Waals surface area contributed by atoms with Crippen molar-refractivity contribution in [1.29, 1.82) is 0 Å². The molecule has 0 aromatic rings. The summed E-state index contributed by atoms with van der Waals surface area (Å²) in [5.74, 6) is 0.898. The van der Waals surface area contributed by atoms with E-state index in [1.165, 1.54) is 25.8 Å². The Hall–Kier alpha value is -0.410. The fraction of sp³-hybridized carbons (Fsp3) is 0.929. The van der Waals surface area contributed by atoms with E-state index >= 15 is 0 Å². The molecule has 2 aliphatic rings. The van der Waals surface area contributed by atoms with Crippen molar-refractivity contribution in [2.75, 3.05) is 39.3 Å². The zero-order valence-electron chi connectivity index (χ0n) is 11.2. The smallest absolute Gasteiger partial charge is 0.149 e. The van der Waals surface area contributed by atoms with E-state index in [0.717, 1.165) is 39.0 Å². The average molecular weight is 238 g/mol. The van der Waals surface area contributed by atoms with Gasteiger partial charge in [0.25, 0.3) is 0 Å². The van der Waals surface area contributed by atoms with Crippen LogP contribution in [0.2, 0.25) is 0 Å². The Morgan fingerprint density at radius 3 is 2.24 bits per heavy atom. The van der Waals surface area contributed by atoms with Crippen LogP contribution in [0.25, 0.3) is 0 Å². The molecule has 0 amide bonds. The lowest BCUT2D eigenvalue weighted by Crippen LogP contribution is -2.48. The van der Waals surface area contributed by atoms with Crippen molar-refractivity contribution in [3.8, 4) is 0 Å². The number of carbonyl (C=O) groups excluding carboxylic acids is 1. The second-order valence-corrected chi connectivity index (χ2v) is 5.57. The van der Waals surface area contributed by atoms with Gasteiger partial charge >= 0.3 is 0 Å². The van der Waals surface area contributed by atoms with Gasteiger partial charge in [-0.05, 0) is 25.8 Å². The fourth-order valence-corrected chi connectivity index (χ4v) is 3.08. The van der Waals surface area contributed by atoms with E-state index in [9.17, 15) is 4.79 Å². The Morgan fingerprint density at radius 1 is 1.06 bits per heavy atom. The molecule has 0 spiro atoms. The fourth-order valence-electron chi connectivity index (χ4n) is 3.08. The quantitative estimate of drug-likeness (QED) is 0.729. The lowest BCUT2D eigenvalue weighted by atomic mass is 10.0. The van der Waals surface area contributed by atoms with Gasteiger partial charge in [-0.25, -0.2) is 0 Å². The maximum absolute atomic E-state index is 12.1. The van der Waals surface area contributed by atoms with Crippen molar-refractivity contribution >= 4 is 5.78 Å². The van der Waals surface area contributed by atoms with Gasteiger partial charge in [0.2, 0.25) is 0 Å². The molecule has 1 aliphatic heterocycles. The lowest BCUT2D eigenvalue weighted by molar-refractivity contribution is -0.124. The topological polar surface area (TPSA) is 23.6 Å². The molecule has 0 bridgehead atoms. The number of rotatable bonds is 5. The molecular formula is C14H26N2O. The highest BCUT2D eigenvalue weighted by Gasteiger charge is 2.25. The van der Waals surface area contributed by atoms with Crippen molar-refractivity contribution in [2.45, 2.75) is 39.0 Å². The summed E-state index contributed by atoms with van der Waals surface area (Å²) in [6.45, 7) is 8.61. The minimum atomic E-state index is 0.392. The first-order valence-electron chi connectivity index (χ1n) is 7.27. The van der Waals surface area contributed by atoms with Gasteiger partial charge in [-0.3, -0.25) is 9.69 Å². The predicted molar refractivity (Wildman–Crippen MR) is 70.1 cm³/mol. The van der Waals surface area contributed by atoms with E-state index in [0.29, 0.717) is 18.2 Å². The molecule has 2 rings (SSSR count). The van der Waals surface area contributed by atoms with E-state index in [2.05, 4.69) is 16.7 Å². The van der Waals surface area contributed by atoms with Crippen LogP contribution >= 0.6 is 0 Å². The number of piperazine rings is 1. The highest BCUT2D eigenvalue weighted by atomic mass is 16.1. The van der Waals surface area contributed by atoms with Gasteiger partial charge in [-0.15, -0.1) is 0 Å². The minimum absolute atomic E-state index is 0.392. The molecule has 0 atom stereocenters. The second-order valence-electron chi connectivity index (χ2n) is 5.57. The summed E-state index contributed by atoms with van der Waals surface area (Å²) in [7, 11) is 0. The van der Waals surface area contributed by atoms with Crippen LogP contribution in [-0.2, 0) is 4.79 Å². The Balaban J connectivity index is 1.68. The number of hydrogen-bond acceptors (Lipinski definition) is 3. The maximum atomic E-state index is 12.1. The first-order valence-corrected chi connectivity index (χ1v) is 7.27. The molecule has 1 heterocycles. The van der Waals surface area contributed by atoms with Crippen LogP contribution in [0.4, 0.5) is 0 Å². The average Bonchev–Trinajstić information content (AvgIpc) is 2.86. The third kappa shape index (κ3) is 3.78. The molecule has 17 heavy (non-hydrogen) atoms. The van der Waals surface area contributed by atoms with E-state index in [4.69, 9.17) is 0 Å². The van der Waals surface area contributed by atoms with Crippen LogP contribution in [0.3, 0.4) is 0 Å².